The average molecular weight is 301 g/mol. The highest BCUT2D eigenvalue weighted by molar-refractivity contribution is 5.80. The Morgan fingerprint density at radius 1 is 0.652 bits per heavy atom. The topological polar surface area (TPSA) is 29.0 Å². The number of benzene rings is 2. The number of fused-ring (bicyclic) bond motifs is 2. The molecule has 0 aliphatic heterocycles. The molecule has 0 aliphatic rings. The number of para-hydroxylation sites is 2. The Kier molecular flexibility index (Phi) is 4.48. The molecule has 0 aliphatic carbocycles. The molecule has 114 valence electrons. The number of hydrogen-bond acceptors (Lipinski definition) is 3. The standard InChI is InChI=1S/C11H12N2.C9H7N/c1-13(2)11-8-7-9-5-3-4-6-10(9)12-11;1-2-6-9-8(4-1)5-3-7-10-9/h3-8H,1-2H3;1-7H. The summed E-state index contributed by atoms with van der Waals surface area (Å²) in [7, 11) is 3.99. The maximum absolute atomic E-state index is 4.50. The largest absolute Gasteiger partial charge is 0.363 e. The molecule has 0 radical (unpaired) electrons. The number of anilines is 1. The Bertz CT molecular complexity index is 851. The van der Waals surface area contributed by atoms with Crippen LogP contribution < -0.4 is 4.90 Å². The van der Waals surface area contributed by atoms with Gasteiger partial charge >= 0.3 is 0 Å². The van der Waals surface area contributed by atoms with E-state index >= 15 is 0 Å². The Morgan fingerprint density at radius 2 is 1.26 bits per heavy atom. The maximum atomic E-state index is 4.50. The Hall–Kier alpha value is -2.94. The molecule has 0 unspecified atom stereocenters. The van der Waals surface area contributed by atoms with Crippen LogP contribution in [0.5, 0.6) is 0 Å². The van der Waals surface area contributed by atoms with E-state index in [9.17, 15) is 0 Å². The van der Waals surface area contributed by atoms with Crippen LogP contribution in [-0.4, -0.2) is 24.1 Å². The van der Waals surface area contributed by atoms with Gasteiger partial charge in [0.05, 0.1) is 11.0 Å². The summed E-state index contributed by atoms with van der Waals surface area (Å²) < 4.78 is 0. The average Bonchev–Trinajstić information content (AvgIpc) is 2.62. The molecular weight excluding hydrogens is 282 g/mol. The summed E-state index contributed by atoms with van der Waals surface area (Å²) in [4.78, 5) is 10.7. The fourth-order valence-corrected chi connectivity index (χ4v) is 2.32. The van der Waals surface area contributed by atoms with Gasteiger partial charge in [0.1, 0.15) is 5.82 Å². The predicted molar refractivity (Wildman–Crippen MR) is 97.8 cm³/mol. The monoisotopic (exact) mass is 301 g/mol. The van der Waals surface area contributed by atoms with Gasteiger partial charge in [-0.3, -0.25) is 4.98 Å². The zero-order valence-electron chi connectivity index (χ0n) is 13.3. The van der Waals surface area contributed by atoms with Gasteiger partial charge in [0.15, 0.2) is 0 Å². The van der Waals surface area contributed by atoms with Crippen molar-refractivity contribution in [1.82, 2.24) is 9.97 Å². The second-order valence-corrected chi connectivity index (χ2v) is 5.45. The summed E-state index contributed by atoms with van der Waals surface area (Å²) in [6, 6.07) is 24.3. The second-order valence-electron chi connectivity index (χ2n) is 5.45. The maximum Gasteiger partial charge on any atom is 0.128 e. The van der Waals surface area contributed by atoms with Crippen LogP contribution in [0.15, 0.2) is 79.0 Å². The number of rotatable bonds is 1. The molecule has 0 spiro atoms. The third kappa shape index (κ3) is 3.64. The van der Waals surface area contributed by atoms with Crippen molar-refractivity contribution in [3.05, 3.63) is 79.0 Å². The Balaban J connectivity index is 0.000000140. The third-order valence-electron chi connectivity index (χ3n) is 3.55. The molecule has 23 heavy (non-hydrogen) atoms. The van der Waals surface area contributed by atoms with Crippen LogP contribution in [0.25, 0.3) is 21.8 Å². The van der Waals surface area contributed by atoms with Crippen LogP contribution in [0, 0.1) is 0 Å². The van der Waals surface area contributed by atoms with E-state index in [1.807, 2.05) is 73.7 Å². The first-order valence-corrected chi connectivity index (χ1v) is 7.57. The van der Waals surface area contributed by atoms with E-state index in [2.05, 4.69) is 34.2 Å². The first-order valence-electron chi connectivity index (χ1n) is 7.57. The normalized spacial score (nSPS) is 10.2. The van der Waals surface area contributed by atoms with Gasteiger partial charge in [0, 0.05) is 31.1 Å². The molecular formula is C20H19N3. The van der Waals surface area contributed by atoms with Crippen LogP contribution in [0.1, 0.15) is 0 Å². The highest BCUT2D eigenvalue weighted by Crippen LogP contribution is 2.15. The first kappa shape index (κ1) is 15.0. The molecule has 2 aromatic heterocycles. The summed E-state index contributed by atoms with van der Waals surface area (Å²) in [6.07, 6.45) is 1.81. The minimum absolute atomic E-state index is 0.999. The summed E-state index contributed by atoms with van der Waals surface area (Å²) in [5, 5.41) is 2.39. The molecule has 0 atom stereocenters. The van der Waals surface area contributed by atoms with E-state index in [-0.39, 0.29) is 0 Å². The van der Waals surface area contributed by atoms with Gasteiger partial charge < -0.3 is 4.90 Å². The second kappa shape index (κ2) is 6.88. The van der Waals surface area contributed by atoms with Gasteiger partial charge in [-0.2, -0.15) is 0 Å². The molecule has 0 amide bonds. The van der Waals surface area contributed by atoms with Crippen molar-refractivity contribution in [2.45, 2.75) is 0 Å². The number of nitrogens with zero attached hydrogens (tertiary/aromatic N) is 3. The lowest BCUT2D eigenvalue weighted by molar-refractivity contribution is 1.08. The number of hydrogen-bond donors (Lipinski definition) is 0. The summed E-state index contributed by atoms with van der Waals surface area (Å²) in [5.41, 5.74) is 2.11. The van der Waals surface area contributed by atoms with Gasteiger partial charge in [-0.15, -0.1) is 0 Å². The van der Waals surface area contributed by atoms with Crippen molar-refractivity contribution in [2.24, 2.45) is 0 Å². The van der Waals surface area contributed by atoms with Crippen molar-refractivity contribution in [2.75, 3.05) is 19.0 Å². The van der Waals surface area contributed by atoms with Crippen LogP contribution in [-0.2, 0) is 0 Å². The molecule has 4 rings (SSSR count). The van der Waals surface area contributed by atoms with Crippen molar-refractivity contribution in [3.8, 4) is 0 Å². The lowest BCUT2D eigenvalue weighted by Crippen LogP contribution is -2.10. The molecule has 2 heterocycles. The minimum atomic E-state index is 0.999. The van der Waals surface area contributed by atoms with Gasteiger partial charge in [0.25, 0.3) is 0 Å². The van der Waals surface area contributed by atoms with Crippen molar-refractivity contribution >= 4 is 27.6 Å². The van der Waals surface area contributed by atoms with Gasteiger partial charge in [-0.25, -0.2) is 4.98 Å². The van der Waals surface area contributed by atoms with E-state index in [1.165, 1.54) is 10.8 Å². The molecule has 4 aromatic rings. The lowest BCUT2D eigenvalue weighted by Gasteiger charge is -2.11. The number of pyridine rings is 2. The molecule has 3 nitrogen and oxygen atoms in total. The van der Waals surface area contributed by atoms with Crippen molar-refractivity contribution in [3.63, 3.8) is 0 Å². The van der Waals surface area contributed by atoms with Gasteiger partial charge in [-0.05, 0) is 30.3 Å². The molecule has 0 bridgehead atoms. The Labute approximate surface area is 136 Å². The third-order valence-corrected chi connectivity index (χ3v) is 3.55. The summed E-state index contributed by atoms with van der Waals surface area (Å²) in [6.45, 7) is 0. The zero-order chi connectivity index (χ0) is 16.1. The van der Waals surface area contributed by atoms with Gasteiger partial charge in [-0.1, -0.05) is 42.5 Å². The zero-order valence-corrected chi connectivity index (χ0v) is 13.3. The molecule has 0 saturated heterocycles. The quantitative estimate of drug-likeness (QED) is 0.517. The highest BCUT2D eigenvalue weighted by atomic mass is 15.1. The smallest absolute Gasteiger partial charge is 0.128 e. The first-order chi connectivity index (χ1) is 11.2. The van der Waals surface area contributed by atoms with Crippen molar-refractivity contribution < 1.29 is 0 Å². The molecule has 2 aromatic carbocycles. The van der Waals surface area contributed by atoms with Crippen LogP contribution >= 0.6 is 0 Å². The van der Waals surface area contributed by atoms with Crippen LogP contribution in [0.2, 0.25) is 0 Å². The highest BCUT2D eigenvalue weighted by Gasteiger charge is 1.97. The van der Waals surface area contributed by atoms with Gasteiger partial charge in [0.2, 0.25) is 0 Å². The van der Waals surface area contributed by atoms with E-state index in [0.29, 0.717) is 0 Å². The van der Waals surface area contributed by atoms with Crippen LogP contribution in [0.3, 0.4) is 0 Å². The Morgan fingerprint density at radius 3 is 1.96 bits per heavy atom. The molecule has 0 saturated carbocycles. The molecule has 0 N–H and O–H groups in total. The fourth-order valence-electron chi connectivity index (χ4n) is 2.32. The van der Waals surface area contributed by atoms with E-state index in [1.54, 1.807) is 0 Å². The van der Waals surface area contributed by atoms with Crippen LogP contribution in [0.4, 0.5) is 5.82 Å². The SMILES string of the molecule is CN(C)c1ccc2ccccc2n1.c1ccc2ncccc2c1. The van der Waals surface area contributed by atoms with E-state index in [0.717, 1.165) is 16.9 Å². The minimum Gasteiger partial charge on any atom is -0.363 e. The predicted octanol–water partition coefficient (Wildman–Crippen LogP) is 4.54. The lowest BCUT2D eigenvalue weighted by atomic mass is 10.2. The summed E-state index contributed by atoms with van der Waals surface area (Å²) in [5.74, 6) is 0.999. The fraction of sp³-hybridized carbons (Fsp3) is 0.100. The van der Waals surface area contributed by atoms with E-state index in [4.69, 9.17) is 0 Å². The molecule has 3 heteroatoms. The van der Waals surface area contributed by atoms with Crippen molar-refractivity contribution in [1.29, 1.82) is 0 Å². The number of aromatic nitrogens is 2. The molecule has 0 fully saturated rings. The van der Waals surface area contributed by atoms with E-state index < -0.39 is 0 Å². The summed E-state index contributed by atoms with van der Waals surface area (Å²) >= 11 is 0.